The van der Waals surface area contributed by atoms with Gasteiger partial charge in [-0.1, -0.05) is 20.3 Å². The molecule has 4 rings (SSSR count). The molecule has 4 heterocycles. The van der Waals surface area contributed by atoms with Gasteiger partial charge in [0.1, 0.15) is 5.75 Å². The second kappa shape index (κ2) is 12.2. The van der Waals surface area contributed by atoms with Gasteiger partial charge >= 0.3 is 5.97 Å². The summed E-state index contributed by atoms with van der Waals surface area (Å²) in [5, 5.41) is 14.7. The lowest BCUT2D eigenvalue weighted by molar-refractivity contribution is -0.160. The molecular weight excluding hydrogens is 518 g/mol. The highest BCUT2D eigenvalue weighted by Gasteiger charge is 2.36. The Labute approximate surface area is 243 Å². The third-order valence-corrected chi connectivity index (χ3v) is 8.15. The first-order valence-electron chi connectivity index (χ1n) is 14.5. The average molecular weight is 564 g/mol. The quantitative estimate of drug-likeness (QED) is 0.317. The van der Waals surface area contributed by atoms with Crippen LogP contribution in [0.3, 0.4) is 0 Å². The van der Waals surface area contributed by atoms with E-state index in [0.717, 1.165) is 61.3 Å². The Morgan fingerprint density at radius 2 is 1.83 bits per heavy atom. The van der Waals surface area contributed by atoms with Gasteiger partial charge < -0.3 is 19.5 Å². The van der Waals surface area contributed by atoms with Gasteiger partial charge in [0.2, 0.25) is 0 Å². The van der Waals surface area contributed by atoms with Crippen molar-refractivity contribution in [2.24, 2.45) is 12.5 Å². The number of nitrogens with zero attached hydrogens (tertiary/aromatic N) is 5. The van der Waals surface area contributed by atoms with Gasteiger partial charge in [0.15, 0.2) is 6.10 Å². The van der Waals surface area contributed by atoms with Crippen LogP contribution >= 0.6 is 0 Å². The predicted molar refractivity (Wildman–Crippen MR) is 160 cm³/mol. The highest BCUT2D eigenvalue weighted by atomic mass is 16.5. The van der Waals surface area contributed by atoms with Crippen LogP contribution in [-0.2, 0) is 23.0 Å². The predicted octanol–water partition coefficient (Wildman–Crippen LogP) is 6.07. The molecule has 1 saturated heterocycles. The van der Waals surface area contributed by atoms with Crippen molar-refractivity contribution < 1.29 is 19.4 Å². The van der Waals surface area contributed by atoms with Gasteiger partial charge in [0, 0.05) is 55.8 Å². The monoisotopic (exact) mass is 563 g/mol. The molecule has 0 saturated carbocycles. The van der Waals surface area contributed by atoms with Crippen LogP contribution in [-0.4, -0.2) is 56.1 Å². The van der Waals surface area contributed by atoms with Gasteiger partial charge in [0.25, 0.3) is 0 Å². The number of hydrogen-bond donors (Lipinski definition) is 1. The maximum atomic E-state index is 12.6. The van der Waals surface area contributed by atoms with Crippen molar-refractivity contribution in [3.05, 3.63) is 53.2 Å². The number of anilines is 1. The van der Waals surface area contributed by atoms with Crippen LogP contribution in [0.1, 0.15) is 82.5 Å². The van der Waals surface area contributed by atoms with Crippen molar-refractivity contribution >= 4 is 11.7 Å². The molecule has 1 atom stereocenters. The largest absolute Gasteiger partial charge is 0.492 e. The number of pyridine rings is 2. The summed E-state index contributed by atoms with van der Waals surface area (Å²) in [6, 6.07) is 3.83. The number of hydrogen-bond acceptors (Lipinski definition) is 7. The molecule has 1 fully saturated rings. The first kappa shape index (κ1) is 30.5. The summed E-state index contributed by atoms with van der Waals surface area (Å²) in [6.45, 7) is 16.2. The third kappa shape index (κ3) is 7.25. The highest BCUT2D eigenvalue weighted by Crippen LogP contribution is 2.44. The van der Waals surface area contributed by atoms with Crippen LogP contribution in [0.15, 0.2) is 30.7 Å². The van der Waals surface area contributed by atoms with E-state index in [1.165, 1.54) is 0 Å². The lowest BCUT2D eigenvalue weighted by Gasteiger charge is -2.42. The minimum absolute atomic E-state index is 0.276. The fraction of sp³-hybridized carbons (Fsp3) is 0.562. The molecule has 9 nitrogen and oxygen atoms in total. The van der Waals surface area contributed by atoms with E-state index >= 15 is 0 Å². The molecule has 3 aromatic heterocycles. The fourth-order valence-corrected chi connectivity index (χ4v) is 5.46. The van der Waals surface area contributed by atoms with Gasteiger partial charge in [0.05, 0.1) is 35.5 Å². The topological polar surface area (TPSA) is 103 Å². The lowest BCUT2D eigenvalue weighted by atomic mass is 9.78. The molecule has 0 bridgehead atoms. The van der Waals surface area contributed by atoms with Crippen LogP contribution in [0.4, 0.5) is 5.69 Å². The maximum Gasteiger partial charge on any atom is 0.337 e. The van der Waals surface area contributed by atoms with Gasteiger partial charge in [-0.3, -0.25) is 14.6 Å². The molecule has 0 radical (unpaired) electrons. The summed E-state index contributed by atoms with van der Waals surface area (Å²) in [5.41, 5.74) is 5.39. The molecule has 0 aliphatic carbocycles. The molecule has 1 aliphatic heterocycles. The van der Waals surface area contributed by atoms with Crippen molar-refractivity contribution in [2.45, 2.75) is 85.9 Å². The zero-order valence-corrected chi connectivity index (χ0v) is 25.8. The van der Waals surface area contributed by atoms with Crippen LogP contribution in [0.2, 0.25) is 0 Å². The Balaban J connectivity index is 1.68. The zero-order chi connectivity index (χ0) is 29.9. The third-order valence-electron chi connectivity index (χ3n) is 8.15. The number of carboxylic acid groups (broad SMARTS) is 1. The van der Waals surface area contributed by atoms with Crippen molar-refractivity contribution in [3.8, 4) is 17.0 Å². The fourth-order valence-electron chi connectivity index (χ4n) is 5.46. The molecule has 0 spiro atoms. The van der Waals surface area contributed by atoms with Crippen LogP contribution in [0, 0.1) is 19.3 Å². The van der Waals surface area contributed by atoms with Crippen LogP contribution in [0.5, 0.6) is 5.75 Å². The van der Waals surface area contributed by atoms with E-state index in [9.17, 15) is 9.90 Å². The number of aliphatic carboxylic acids is 1. The molecule has 3 aromatic rings. The minimum atomic E-state index is -1.16. The zero-order valence-electron chi connectivity index (χ0n) is 25.8. The number of carboxylic acids is 1. The number of piperidine rings is 1. The normalized spacial score (nSPS) is 16.0. The van der Waals surface area contributed by atoms with E-state index in [0.29, 0.717) is 29.3 Å². The minimum Gasteiger partial charge on any atom is -0.492 e. The number of aromatic nitrogens is 4. The Morgan fingerprint density at radius 1 is 1.12 bits per heavy atom. The Bertz CT molecular complexity index is 1350. The second-order valence-electron chi connectivity index (χ2n) is 12.5. The molecular formula is C32H45N5O4. The Morgan fingerprint density at radius 3 is 2.37 bits per heavy atom. The second-order valence-corrected chi connectivity index (χ2v) is 12.5. The van der Waals surface area contributed by atoms with Gasteiger partial charge in [-0.15, -0.1) is 0 Å². The Kier molecular flexibility index (Phi) is 9.07. The first-order valence-corrected chi connectivity index (χ1v) is 14.5. The summed E-state index contributed by atoms with van der Waals surface area (Å²) in [5.74, 6) is -0.354. The van der Waals surface area contributed by atoms with Crippen LogP contribution in [0.25, 0.3) is 11.3 Å². The molecule has 1 N–H and O–H groups in total. The van der Waals surface area contributed by atoms with E-state index < -0.39 is 17.7 Å². The summed E-state index contributed by atoms with van der Waals surface area (Å²) >= 11 is 0. The molecule has 222 valence electrons. The summed E-state index contributed by atoms with van der Waals surface area (Å²) in [4.78, 5) is 24.3. The van der Waals surface area contributed by atoms with Crippen molar-refractivity contribution in [1.82, 2.24) is 19.7 Å². The first-order chi connectivity index (χ1) is 19.3. The summed E-state index contributed by atoms with van der Waals surface area (Å²) in [6.07, 6.45) is 8.31. The van der Waals surface area contributed by atoms with Gasteiger partial charge in [-0.05, 0) is 70.6 Å². The van der Waals surface area contributed by atoms with E-state index in [-0.39, 0.29) is 5.41 Å². The standard InChI is InChI=1S/C32H45N5O4/c1-9-32(7)13-15-37(16-14-32)28-25(19-33-22(3)27(28)29(30(38)39)41-31(4,5)6)26-11-10-24(18-34-26)40-17-12-23-20-36(8)35-21(23)2/h10-11,18-20,29H,9,12-17H2,1-8H3,(H,38,39)/t29-/m0/s1. The van der Waals surface area contributed by atoms with Crippen molar-refractivity contribution in [2.75, 3.05) is 24.6 Å². The van der Waals surface area contributed by atoms with E-state index in [1.807, 2.05) is 70.9 Å². The molecule has 9 heteroatoms. The van der Waals surface area contributed by atoms with Gasteiger partial charge in [-0.2, -0.15) is 5.10 Å². The van der Waals surface area contributed by atoms with Gasteiger partial charge in [-0.25, -0.2) is 4.79 Å². The van der Waals surface area contributed by atoms with E-state index in [4.69, 9.17) is 14.5 Å². The average Bonchev–Trinajstić information content (AvgIpc) is 3.24. The SMILES string of the molecule is CCC1(C)CCN(c2c(-c3ccc(OCCc4cn(C)nc4C)cn3)cnc(C)c2[C@H](OC(C)(C)C)C(=O)O)CC1. The molecule has 1 aliphatic rings. The number of ether oxygens (including phenoxy) is 2. The highest BCUT2D eigenvalue weighted by molar-refractivity contribution is 5.85. The Hall–Kier alpha value is -3.46. The number of carbonyl (C=O) groups is 1. The van der Waals surface area contributed by atoms with Crippen molar-refractivity contribution in [3.63, 3.8) is 0 Å². The number of aryl methyl sites for hydroxylation is 3. The lowest BCUT2D eigenvalue weighted by Crippen LogP contribution is -2.40. The van der Waals surface area contributed by atoms with E-state index in [2.05, 4.69) is 28.8 Å². The van der Waals surface area contributed by atoms with E-state index in [1.54, 1.807) is 6.20 Å². The van der Waals surface area contributed by atoms with Crippen molar-refractivity contribution in [1.29, 1.82) is 0 Å². The van der Waals surface area contributed by atoms with Crippen LogP contribution < -0.4 is 9.64 Å². The molecule has 41 heavy (non-hydrogen) atoms. The molecule has 0 amide bonds. The summed E-state index contributed by atoms with van der Waals surface area (Å²) in [7, 11) is 1.92. The molecule has 0 aromatic carbocycles. The summed E-state index contributed by atoms with van der Waals surface area (Å²) < 4.78 is 14.0. The number of rotatable bonds is 10. The molecule has 0 unspecified atom stereocenters. The smallest absolute Gasteiger partial charge is 0.337 e. The maximum absolute atomic E-state index is 12.6.